The van der Waals surface area contributed by atoms with Crippen LogP contribution in [0.3, 0.4) is 0 Å². The lowest BCUT2D eigenvalue weighted by atomic mass is 9.43. The maximum Gasteiger partial charge on any atom is 0.220 e. The minimum absolute atomic E-state index is 0.0464. The number of aliphatic hydroxyl groups excluding tert-OH is 3. The van der Waals surface area contributed by atoms with Crippen LogP contribution in [-0.4, -0.2) is 60.9 Å². The van der Waals surface area contributed by atoms with Crippen molar-refractivity contribution in [1.82, 2.24) is 5.32 Å². The fourth-order valence-electron chi connectivity index (χ4n) is 9.10. The molecule has 8 unspecified atom stereocenters. The zero-order chi connectivity index (χ0) is 25.8. The molecular formula is C26H44NO7S-. The van der Waals surface area contributed by atoms with Crippen LogP contribution in [0.1, 0.15) is 78.6 Å². The molecule has 11 atom stereocenters. The van der Waals surface area contributed by atoms with Gasteiger partial charge in [-0.25, -0.2) is 0 Å². The molecule has 0 spiro atoms. The Bertz CT molecular complexity index is 835. The lowest BCUT2D eigenvalue weighted by Crippen LogP contribution is -2.62. The second kappa shape index (κ2) is 9.95. The van der Waals surface area contributed by atoms with E-state index in [2.05, 4.69) is 26.1 Å². The summed E-state index contributed by atoms with van der Waals surface area (Å²) in [6, 6.07) is 0. The third-order valence-corrected chi connectivity index (χ3v) is 11.7. The molecule has 4 saturated carbocycles. The molecule has 4 fully saturated rings. The van der Waals surface area contributed by atoms with E-state index in [-0.39, 0.29) is 65.4 Å². The molecule has 0 aliphatic heterocycles. The third kappa shape index (κ3) is 5.10. The Morgan fingerprint density at radius 2 is 1.80 bits per heavy atom. The largest absolute Gasteiger partial charge is 0.616 e. The molecule has 4 aliphatic rings. The van der Waals surface area contributed by atoms with Gasteiger partial charge in [0, 0.05) is 16.9 Å². The van der Waals surface area contributed by atoms with Crippen molar-refractivity contribution in [1.29, 1.82) is 0 Å². The van der Waals surface area contributed by atoms with Crippen LogP contribution in [0.15, 0.2) is 0 Å². The van der Waals surface area contributed by atoms with Crippen LogP contribution in [0.25, 0.3) is 0 Å². The molecule has 4 rings (SSSR count). The van der Waals surface area contributed by atoms with Gasteiger partial charge in [0.1, 0.15) is 5.75 Å². The van der Waals surface area contributed by atoms with E-state index >= 15 is 0 Å². The number of rotatable bonds is 7. The highest BCUT2D eigenvalue weighted by Crippen LogP contribution is 2.68. The van der Waals surface area contributed by atoms with E-state index in [1.165, 1.54) is 0 Å². The zero-order valence-electron chi connectivity index (χ0n) is 21.4. The van der Waals surface area contributed by atoms with Gasteiger partial charge in [-0.1, -0.05) is 20.8 Å². The van der Waals surface area contributed by atoms with Gasteiger partial charge >= 0.3 is 0 Å². The smallest absolute Gasteiger partial charge is 0.220 e. The molecule has 35 heavy (non-hydrogen) atoms. The molecule has 0 heterocycles. The van der Waals surface area contributed by atoms with Crippen LogP contribution in [-0.2, 0) is 19.5 Å². The predicted molar refractivity (Wildman–Crippen MR) is 130 cm³/mol. The number of aliphatic hydroxyl groups is 3. The molecule has 1 amide bonds. The van der Waals surface area contributed by atoms with Crippen molar-refractivity contribution in [2.75, 3.05) is 12.3 Å². The molecule has 4 N–H and O–H groups in total. The lowest BCUT2D eigenvalue weighted by molar-refractivity contribution is -0.207. The van der Waals surface area contributed by atoms with Gasteiger partial charge in [-0.3, -0.25) is 4.79 Å². The first-order valence-electron chi connectivity index (χ1n) is 13.5. The summed E-state index contributed by atoms with van der Waals surface area (Å²) in [4.78, 5) is 12.2. The molecule has 9 heteroatoms. The van der Waals surface area contributed by atoms with Gasteiger partial charge in [0.25, 0.3) is 0 Å². The molecule has 0 bridgehead atoms. The van der Waals surface area contributed by atoms with Crippen LogP contribution in [0, 0.1) is 46.3 Å². The summed E-state index contributed by atoms with van der Waals surface area (Å²) in [5.41, 5.74) is -0.267. The second-order valence-corrected chi connectivity index (χ2v) is 14.2. The Labute approximate surface area is 210 Å². The van der Waals surface area contributed by atoms with E-state index in [1.807, 2.05) is 0 Å². The van der Waals surface area contributed by atoms with Gasteiger partial charge in [-0.2, -0.15) is 0 Å². The number of amides is 1. The van der Waals surface area contributed by atoms with Gasteiger partial charge in [-0.05, 0) is 97.7 Å². The fourth-order valence-corrected chi connectivity index (χ4v) is 9.45. The molecule has 0 saturated heterocycles. The summed E-state index contributed by atoms with van der Waals surface area (Å²) < 4.78 is 32.2. The molecule has 0 aromatic carbocycles. The van der Waals surface area contributed by atoms with Crippen molar-refractivity contribution in [3.8, 4) is 0 Å². The maximum absolute atomic E-state index is 12.2. The molecule has 0 aromatic rings. The van der Waals surface area contributed by atoms with Gasteiger partial charge in [0.15, 0.2) is 0 Å². The van der Waals surface area contributed by atoms with Gasteiger partial charge in [0.2, 0.25) is 5.91 Å². The Kier molecular flexibility index (Phi) is 7.80. The first-order chi connectivity index (χ1) is 16.3. The fraction of sp³-hybridized carbons (Fsp3) is 0.962. The molecule has 4 aliphatic carbocycles. The first kappa shape index (κ1) is 27.5. The minimum Gasteiger partial charge on any atom is -0.616 e. The molecule has 0 radical (unpaired) electrons. The monoisotopic (exact) mass is 514 g/mol. The number of nitrogens with one attached hydrogen (secondary N) is 1. The standard InChI is InChI=1S/C26H44NO7S/c1-15(4-7-23(31)27-10-11-35(32,33)34)18-5-6-19-24-20(14-22(30)26(18,19)3)25(2)9-8-17(28)12-16(25)13-21(24)29/h15-22,24,28-30H,4-14H2,1-3H3,(H-2,27,31,32,33,34)/q-1/t15-,16?,17-,18?,19?,20?,21?,22+,24?,25?,26?/m1/s1. The van der Waals surface area contributed by atoms with Crippen molar-refractivity contribution >= 4 is 16.4 Å². The predicted octanol–water partition coefficient (Wildman–Crippen LogP) is 2.24. The van der Waals surface area contributed by atoms with E-state index in [0.717, 1.165) is 38.5 Å². The number of fused-ring (bicyclic) bond motifs is 5. The van der Waals surface area contributed by atoms with Crippen molar-refractivity contribution in [2.24, 2.45) is 46.3 Å². The van der Waals surface area contributed by atoms with Crippen LogP contribution in [0.4, 0.5) is 0 Å². The van der Waals surface area contributed by atoms with Crippen molar-refractivity contribution in [3.63, 3.8) is 0 Å². The highest BCUT2D eigenvalue weighted by Gasteiger charge is 2.65. The average Bonchev–Trinajstić information content (AvgIpc) is 3.12. The normalized spacial score (nSPS) is 46.3. The summed E-state index contributed by atoms with van der Waals surface area (Å²) in [6.07, 6.45) is 5.58. The number of carbonyl (C=O) groups excluding carboxylic acids is 1. The molecule has 8 nitrogen and oxygen atoms in total. The summed E-state index contributed by atoms with van der Waals surface area (Å²) in [6.45, 7) is 6.48. The first-order valence-corrected chi connectivity index (χ1v) is 15.1. The summed E-state index contributed by atoms with van der Waals surface area (Å²) in [7, 11) is -4.35. The van der Waals surface area contributed by atoms with Gasteiger partial charge in [-0.15, -0.1) is 4.21 Å². The van der Waals surface area contributed by atoms with Crippen LogP contribution >= 0.6 is 0 Å². The van der Waals surface area contributed by atoms with Crippen molar-refractivity contribution in [2.45, 2.75) is 96.9 Å². The minimum atomic E-state index is -4.35. The molecule has 0 aromatic heterocycles. The molecule has 202 valence electrons. The number of hydrogen-bond acceptors (Lipinski definition) is 7. The highest BCUT2D eigenvalue weighted by atomic mass is 32.3. The quantitative estimate of drug-likeness (QED) is 0.380. The Balaban J connectivity index is 1.43. The topological polar surface area (TPSA) is 153 Å². The van der Waals surface area contributed by atoms with E-state index in [4.69, 9.17) is 0 Å². The Morgan fingerprint density at radius 1 is 1.09 bits per heavy atom. The Hall–Kier alpha value is -0.580. The SMILES string of the molecule is C[C@H](CCC(=O)NCC[S+](=O)([O-])[O-])C1CCC2C3C(O)CC4C[C@H](O)CCC4(C)C3C[C@H](O)C21C. The number of hydrogen-bond donors (Lipinski definition) is 4. The Morgan fingerprint density at radius 3 is 2.49 bits per heavy atom. The highest BCUT2D eigenvalue weighted by molar-refractivity contribution is 7.92. The van der Waals surface area contributed by atoms with Crippen molar-refractivity contribution in [3.05, 3.63) is 0 Å². The lowest BCUT2D eigenvalue weighted by Gasteiger charge is -2.63. The van der Waals surface area contributed by atoms with E-state index in [0.29, 0.717) is 18.8 Å². The van der Waals surface area contributed by atoms with Crippen LogP contribution in [0.2, 0.25) is 0 Å². The van der Waals surface area contributed by atoms with Crippen molar-refractivity contribution < 1.29 is 33.4 Å². The van der Waals surface area contributed by atoms with E-state index < -0.39 is 28.5 Å². The third-order valence-electron chi connectivity index (χ3n) is 11.0. The van der Waals surface area contributed by atoms with E-state index in [9.17, 15) is 33.4 Å². The average molecular weight is 515 g/mol. The maximum atomic E-state index is 12.2. The summed E-state index contributed by atoms with van der Waals surface area (Å²) in [5, 5.41) is 35.7. The second-order valence-electron chi connectivity index (χ2n) is 12.7. The van der Waals surface area contributed by atoms with Gasteiger partial charge < -0.3 is 29.7 Å². The molecular weight excluding hydrogens is 470 g/mol. The zero-order valence-corrected chi connectivity index (χ0v) is 22.2. The summed E-state index contributed by atoms with van der Waals surface area (Å²) >= 11 is 0. The van der Waals surface area contributed by atoms with Gasteiger partial charge in [0.05, 0.1) is 24.9 Å². The van der Waals surface area contributed by atoms with E-state index in [1.54, 1.807) is 0 Å². The van der Waals surface area contributed by atoms with Crippen LogP contribution < -0.4 is 5.32 Å². The summed E-state index contributed by atoms with van der Waals surface area (Å²) in [5.74, 6) is 0.522. The van der Waals surface area contributed by atoms with Crippen LogP contribution in [0.5, 0.6) is 0 Å². The number of carbonyl (C=O) groups is 1.